The van der Waals surface area contributed by atoms with E-state index in [1.54, 1.807) is 18.2 Å². The number of fused-ring (bicyclic) bond motifs is 1. The molecule has 0 atom stereocenters. The van der Waals surface area contributed by atoms with Crippen LogP contribution < -0.4 is 10.0 Å². The van der Waals surface area contributed by atoms with Crippen LogP contribution in [0.25, 0.3) is 0 Å². The lowest BCUT2D eigenvalue weighted by molar-refractivity contribution is 0.581. The maximum absolute atomic E-state index is 12.4. The molecule has 0 saturated heterocycles. The molecule has 1 aliphatic rings. The van der Waals surface area contributed by atoms with E-state index in [1.807, 2.05) is 19.1 Å². The van der Waals surface area contributed by atoms with Gasteiger partial charge >= 0.3 is 0 Å². The summed E-state index contributed by atoms with van der Waals surface area (Å²) >= 11 is 0. The Labute approximate surface area is 143 Å². The van der Waals surface area contributed by atoms with Crippen molar-refractivity contribution in [2.45, 2.75) is 37.9 Å². The van der Waals surface area contributed by atoms with E-state index in [0.717, 1.165) is 30.6 Å². The molecule has 1 heterocycles. The first-order valence-corrected chi connectivity index (χ1v) is 8.97. The molecule has 2 aromatic rings. The molecule has 0 spiro atoms. The molecule has 2 N–H and O–H groups in total. The third kappa shape index (κ3) is 4.12. The molecule has 0 fully saturated rings. The van der Waals surface area contributed by atoms with Gasteiger partial charge < -0.3 is 5.32 Å². The molecule has 23 heavy (non-hydrogen) atoms. The van der Waals surface area contributed by atoms with Crippen molar-refractivity contribution in [3.8, 4) is 0 Å². The van der Waals surface area contributed by atoms with Crippen molar-refractivity contribution in [2.75, 3.05) is 0 Å². The van der Waals surface area contributed by atoms with E-state index in [9.17, 15) is 8.42 Å². The van der Waals surface area contributed by atoms with Gasteiger partial charge in [-0.25, -0.2) is 13.1 Å². The zero-order valence-corrected chi connectivity index (χ0v) is 14.6. The molecule has 1 aliphatic heterocycles. The Balaban J connectivity index is 0.00000192. The molecule has 6 heteroatoms. The van der Waals surface area contributed by atoms with Gasteiger partial charge in [-0.15, -0.1) is 12.4 Å². The number of aryl methyl sites for hydroxylation is 1. The average Bonchev–Trinajstić information content (AvgIpc) is 3.00. The molecular formula is C17H21ClN2O2S. The first-order chi connectivity index (χ1) is 10.6. The van der Waals surface area contributed by atoms with Crippen LogP contribution in [0.3, 0.4) is 0 Å². The largest absolute Gasteiger partial charge is 0.309 e. The summed E-state index contributed by atoms with van der Waals surface area (Å²) in [6.07, 6.45) is 0.821. The summed E-state index contributed by atoms with van der Waals surface area (Å²) < 4.78 is 27.5. The lowest BCUT2D eigenvalue weighted by Gasteiger charge is -2.09. The predicted octanol–water partition coefficient (Wildman–Crippen LogP) is 2.75. The smallest absolute Gasteiger partial charge is 0.240 e. The van der Waals surface area contributed by atoms with Crippen LogP contribution in [-0.4, -0.2) is 8.42 Å². The second kappa shape index (κ2) is 7.45. The standard InChI is InChI=1S/C17H20N2O2S.ClH/c1-2-13-4-3-5-17(9-13)22(20,21)19-10-14-6-7-15-11-18-12-16(15)8-14;/h3-9,18-19H,2,10-12H2,1H3;1H. The molecule has 0 radical (unpaired) electrons. The fourth-order valence-corrected chi connectivity index (χ4v) is 3.74. The quantitative estimate of drug-likeness (QED) is 0.870. The number of benzene rings is 2. The highest BCUT2D eigenvalue weighted by Gasteiger charge is 2.15. The SMILES string of the molecule is CCc1cccc(S(=O)(=O)NCc2ccc3c(c2)CNC3)c1.Cl. The highest BCUT2D eigenvalue weighted by molar-refractivity contribution is 7.89. The van der Waals surface area contributed by atoms with Crippen molar-refractivity contribution in [1.82, 2.24) is 10.0 Å². The van der Waals surface area contributed by atoms with E-state index in [4.69, 9.17) is 0 Å². The van der Waals surface area contributed by atoms with E-state index in [2.05, 4.69) is 22.2 Å². The van der Waals surface area contributed by atoms with Gasteiger partial charge in [0.15, 0.2) is 0 Å². The van der Waals surface area contributed by atoms with Crippen molar-refractivity contribution in [1.29, 1.82) is 0 Å². The molecule has 4 nitrogen and oxygen atoms in total. The number of hydrogen-bond donors (Lipinski definition) is 2. The molecule has 0 aliphatic carbocycles. The van der Waals surface area contributed by atoms with Gasteiger partial charge in [0.1, 0.15) is 0 Å². The highest BCUT2D eigenvalue weighted by atomic mass is 35.5. The Kier molecular flexibility index (Phi) is 5.81. The van der Waals surface area contributed by atoms with Gasteiger partial charge in [0.25, 0.3) is 0 Å². The van der Waals surface area contributed by atoms with Gasteiger partial charge in [0, 0.05) is 19.6 Å². The van der Waals surface area contributed by atoms with Crippen LogP contribution in [0.1, 0.15) is 29.2 Å². The molecule has 124 valence electrons. The maximum Gasteiger partial charge on any atom is 0.240 e. The summed E-state index contributed by atoms with van der Waals surface area (Å²) in [5, 5.41) is 3.29. The van der Waals surface area contributed by atoms with E-state index in [1.165, 1.54) is 11.1 Å². The lowest BCUT2D eigenvalue weighted by Crippen LogP contribution is -2.23. The zero-order chi connectivity index (χ0) is 15.6. The molecule has 0 saturated carbocycles. The van der Waals surface area contributed by atoms with Crippen molar-refractivity contribution < 1.29 is 8.42 Å². The minimum atomic E-state index is -3.47. The lowest BCUT2D eigenvalue weighted by atomic mass is 10.1. The highest BCUT2D eigenvalue weighted by Crippen LogP contribution is 2.18. The van der Waals surface area contributed by atoms with Crippen molar-refractivity contribution in [3.05, 3.63) is 64.7 Å². The Morgan fingerprint density at radius 2 is 1.83 bits per heavy atom. The fourth-order valence-electron chi connectivity index (χ4n) is 2.65. The molecule has 0 aromatic heterocycles. The monoisotopic (exact) mass is 352 g/mol. The van der Waals surface area contributed by atoms with E-state index >= 15 is 0 Å². The number of nitrogens with one attached hydrogen (secondary N) is 2. The number of hydrogen-bond acceptors (Lipinski definition) is 3. The Morgan fingerprint density at radius 3 is 2.61 bits per heavy atom. The van der Waals surface area contributed by atoms with Gasteiger partial charge in [-0.1, -0.05) is 37.3 Å². The number of rotatable bonds is 5. The molecule has 2 aromatic carbocycles. The van der Waals surface area contributed by atoms with Crippen molar-refractivity contribution >= 4 is 22.4 Å². The zero-order valence-electron chi connectivity index (χ0n) is 13.0. The van der Waals surface area contributed by atoms with E-state index in [-0.39, 0.29) is 12.4 Å². The molecule has 0 unspecified atom stereocenters. The van der Waals surface area contributed by atoms with Crippen molar-refractivity contribution in [3.63, 3.8) is 0 Å². The predicted molar refractivity (Wildman–Crippen MR) is 94.1 cm³/mol. The number of sulfonamides is 1. The van der Waals surface area contributed by atoms with Crippen LogP contribution >= 0.6 is 12.4 Å². The second-order valence-electron chi connectivity index (χ2n) is 5.53. The van der Waals surface area contributed by atoms with E-state index in [0.29, 0.717) is 11.4 Å². The van der Waals surface area contributed by atoms with Crippen LogP contribution in [0.15, 0.2) is 47.4 Å². The van der Waals surface area contributed by atoms with Gasteiger partial charge in [0.05, 0.1) is 4.90 Å². The first kappa shape index (κ1) is 17.9. The number of halogens is 1. The second-order valence-corrected chi connectivity index (χ2v) is 7.30. The summed E-state index contributed by atoms with van der Waals surface area (Å²) in [5.41, 5.74) is 4.55. The minimum absolute atomic E-state index is 0. The Bertz CT molecular complexity index is 791. The average molecular weight is 353 g/mol. The van der Waals surface area contributed by atoms with Crippen LogP contribution in [0, 0.1) is 0 Å². The molecular weight excluding hydrogens is 332 g/mol. The normalized spacial score (nSPS) is 13.4. The van der Waals surface area contributed by atoms with Gasteiger partial charge in [-0.2, -0.15) is 0 Å². The van der Waals surface area contributed by atoms with Gasteiger partial charge in [-0.3, -0.25) is 0 Å². The maximum atomic E-state index is 12.4. The summed E-state index contributed by atoms with van der Waals surface area (Å²) in [6.45, 7) is 4.07. The summed E-state index contributed by atoms with van der Waals surface area (Å²) in [6, 6.07) is 13.2. The Hall–Kier alpha value is -1.40. The van der Waals surface area contributed by atoms with Crippen LogP contribution in [0.4, 0.5) is 0 Å². The Morgan fingerprint density at radius 1 is 1.04 bits per heavy atom. The van der Waals surface area contributed by atoms with Crippen LogP contribution in [-0.2, 0) is 36.1 Å². The van der Waals surface area contributed by atoms with Gasteiger partial charge in [0.2, 0.25) is 10.0 Å². The van der Waals surface area contributed by atoms with E-state index < -0.39 is 10.0 Å². The summed E-state index contributed by atoms with van der Waals surface area (Å²) in [4.78, 5) is 0.328. The minimum Gasteiger partial charge on any atom is -0.309 e. The van der Waals surface area contributed by atoms with Crippen molar-refractivity contribution in [2.24, 2.45) is 0 Å². The third-order valence-corrected chi connectivity index (χ3v) is 5.38. The first-order valence-electron chi connectivity index (χ1n) is 7.48. The summed E-state index contributed by atoms with van der Waals surface area (Å²) in [7, 11) is -3.47. The molecule has 0 amide bonds. The third-order valence-electron chi connectivity index (χ3n) is 3.98. The van der Waals surface area contributed by atoms with Gasteiger partial charge in [-0.05, 0) is 40.8 Å². The van der Waals surface area contributed by atoms with Crippen LogP contribution in [0.2, 0.25) is 0 Å². The molecule has 3 rings (SSSR count). The molecule has 0 bridgehead atoms. The topological polar surface area (TPSA) is 58.2 Å². The fraction of sp³-hybridized carbons (Fsp3) is 0.294. The summed E-state index contributed by atoms with van der Waals surface area (Å²) in [5.74, 6) is 0. The van der Waals surface area contributed by atoms with Crippen LogP contribution in [0.5, 0.6) is 0 Å².